The highest BCUT2D eigenvalue weighted by atomic mass is 32.1. The maximum Gasteiger partial charge on any atom is 0.257 e. The Morgan fingerprint density at radius 3 is 2.74 bits per heavy atom. The number of nitrogens with zero attached hydrogens (tertiary/aromatic N) is 4. The Morgan fingerprint density at radius 2 is 2.04 bits per heavy atom. The predicted molar refractivity (Wildman–Crippen MR) is 109 cm³/mol. The molecule has 0 bridgehead atoms. The third-order valence-corrected chi connectivity index (χ3v) is 4.76. The van der Waals surface area contributed by atoms with Crippen LogP contribution in [-0.2, 0) is 0 Å². The van der Waals surface area contributed by atoms with E-state index in [2.05, 4.69) is 27.0 Å². The van der Waals surface area contributed by atoms with Crippen molar-refractivity contribution in [2.24, 2.45) is 5.10 Å². The lowest BCUT2D eigenvalue weighted by molar-refractivity contribution is 0.0960. The molecule has 0 unspecified atom stereocenters. The second kappa shape index (κ2) is 7.00. The molecule has 134 valence electrons. The number of hydrogen-bond acceptors (Lipinski definition) is 6. The van der Waals surface area contributed by atoms with Gasteiger partial charge in [0.25, 0.3) is 5.91 Å². The topological polar surface area (TPSA) is 98.2 Å². The summed E-state index contributed by atoms with van der Waals surface area (Å²) >= 11 is 1.55. The molecule has 0 atom stereocenters. The number of aromatic nitrogens is 3. The molecule has 1 amide bonds. The van der Waals surface area contributed by atoms with Gasteiger partial charge in [-0.25, -0.2) is 9.97 Å². The van der Waals surface area contributed by atoms with Crippen LogP contribution in [0, 0.1) is 0 Å². The molecule has 0 radical (unpaired) electrons. The first kappa shape index (κ1) is 16.9. The molecule has 4 aromatic rings. The fourth-order valence-corrected chi connectivity index (χ4v) is 3.30. The van der Waals surface area contributed by atoms with Gasteiger partial charge in [0.15, 0.2) is 5.65 Å². The van der Waals surface area contributed by atoms with Crippen molar-refractivity contribution in [1.29, 1.82) is 0 Å². The molecule has 4 rings (SSSR count). The molecule has 0 fully saturated rings. The molecule has 0 aliphatic heterocycles. The monoisotopic (exact) mass is 376 g/mol. The summed E-state index contributed by atoms with van der Waals surface area (Å²) in [6.45, 7) is 3.94. The molecular weight excluding hydrogens is 360 g/mol. The van der Waals surface area contributed by atoms with E-state index in [-0.39, 0.29) is 17.3 Å². The summed E-state index contributed by atoms with van der Waals surface area (Å²) < 4.78 is 1.46. The Morgan fingerprint density at radius 1 is 1.26 bits per heavy atom. The molecule has 0 saturated carbocycles. The lowest BCUT2D eigenvalue weighted by atomic mass is 10.2. The lowest BCUT2D eigenvalue weighted by Gasteiger charge is -2.02. The van der Waals surface area contributed by atoms with E-state index in [9.17, 15) is 4.79 Å². The smallest absolute Gasteiger partial charge is 0.257 e. The van der Waals surface area contributed by atoms with E-state index in [1.807, 2.05) is 41.8 Å². The zero-order valence-electron chi connectivity index (χ0n) is 14.3. The Hall–Kier alpha value is -3.52. The van der Waals surface area contributed by atoms with Gasteiger partial charge in [0, 0.05) is 11.4 Å². The number of rotatable bonds is 5. The number of nitrogens with two attached hydrogens (primary N) is 1. The minimum Gasteiger partial charge on any atom is -0.383 e. The minimum absolute atomic E-state index is 0.190. The fraction of sp³-hybridized carbons (Fsp3) is 0.0526. The molecule has 0 aliphatic rings. The van der Waals surface area contributed by atoms with Crippen LogP contribution in [0.5, 0.6) is 0 Å². The van der Waals surface area contributed by atoms with Crippen molar-refractivity contribution < 1.29 is 4.79 Å². The van der Waals surface area contributed by atoms with Gasteiger partial charge in [-0.3, -0.25) is 4.79 Å². The molecule has 7 nitrogen and oxygen atoms in total. The molecule has 3 heterocycles. The Bertz CT molecular complexity index is 1180. The summed E-state index contributed by atoms with van der Waals surface area (Å²) in [4.78, 5) is 22.9. The summed E-state index contributed by atoms with van der Waals surface area (Å²) in [6.07, 6.45) is 3.28. The number of thiophene rings is 1. The number of carbonyl (C=O) groups excluding carboxylic acids is 1. The number of hydrogen-bond donors (Lipinski definition) is 2. The van der Waals surface area contributed by atoms with Crippen molar-refractivity contribution in [3.63, 3.8) is 0 Å². The number of carbonyl (C=O) groups is 1. The predicted octanol–water partition coefficient (Wildman–Crippen LogP) is 3.03. The SMILES string of the molecule is C=CCNC(=O)c1c(N)n(/N=C\c2cccs2)c2nc3ccccc3nc12. The van der Waals surface area contributed by atoms with E-state index < -0.39 is 0 Å². The zero-order chi connectivity index (χ0) is 18.8. The van der Waals surface area contributed by atoms with Gasteiger partial charge in [-0.2, -0.15) is 9.78 Å². The van der Waals surface area contributed by atoms with E-state index in [0.717, 1.165) is 4.88 Å². The quantitative estimate of drug-likeness (QED) is 0.413. The lowest BCUT2D eigenvalue weighted by Crippen LogP contribution is -2.24. The van der Waals surface area contributed by atoms with Gasteiger partial charge in [0.1, 0.15) is 16.9 Å². The van der Waals surface area contributed by atoms with Crippen LogP contribution in [0.2, 0.25) is 0 Å². The maximum atomic E-state index is 12.7. The summed E-state index contributed by atoms with van der Waals surface area (Å²) in [5.74, 6) is -0.151. The second-order valence-electron chi connectivity index (χ2n) is 5.72. The number of nitrogen functional groups attached to an aromatic ring is 1. The largest absolute Gasteiger partial charge is 0.383 e. The van der Waals surface area contributed by atoms with Gasteiger partial charge in [-0.1, -0.05) is 24.3 Å². The van der Waals surface area contributed by atoms with Crippen molar-refractivity contribution in [3.8, 4) is 0 Å². The van der Waals surface area contributed by atoms with Crippen LogP contribution >= 0.6 is 11.3 Å². The van der Waals surface area contributed by atoms with Gasteiger partial charge in [-0.05, 0) is 23.6 Å². The Balaban J connectivity index is 1.95. The zero-order valence-corrected chi connectivity index (χ0v) is 15.1. The van der Waals surface area contributed by atoms with E-state index in [4.69, 9.17) is 5.73 Å². The number of fused-ring (bicyclic) bond motifs is 2. The fourth-order valence-electron chi connectivity index (χ4n) is 2.72. The van der Waals surface area contributed by atoms with E-state index in [1.165, 1.54) is 4.68 Å². The molecule has 0 saturated heterocycles. The van der Waals surface area contributed by atoms with Crippen molar-refractivity contribution in [3.05, 3.63) is 64.9 Å². The molecule has 27 heavy (non-hydrogen) atoms. The van der Waals surface area contributed by atoms with Gasteiger partial charge in [0.2, 0.25) is 0 Å². The van der Waals surface area contributed by atoms with Gasteiger partial charge in [-0.15, -0.1) is 17.9 Å². The van der Waals surface area contributed by atoms with Crippen LogP contribution in [0.25, 0.3) is 22.2 Å². The van der Waals surface area contributed by atoms with Crippen molar-refractivity contribution in [1.82, 2.24) is 20.0 Å². The molecular formula is C19H16N6OS. The molecule has 3 N–H and O–H groups in total. The number of anilines is 1. The summed E-state index contributed by atoms with van der Waals surface area (Å²) in [5.41, 5.74) is 8.77. The molecule has 8 heteroatoms. The Kier molecular flexibility index (Phi) is 4.39. The van der Waals surface area contributed by atoms with Crippen molar-refractivity contribution in [2.45, 2.75) is 0 Å². The van der Waals surface area contributed by atoms with Crippen LogP contribution in [0.15, 0.2) is 59.5 Å². The summed E-state index contributed by atoms with van der Waals surface area (Å²) in [6, 6.07) is 11.3. The maximum absolute atomic E-state index is 12.7. The standard InChI is InChI=1S/C19H16N6OS/c1-2-9-21-19(26)15-16-18(24-14-8-4-3-7-13(14)23-16)25(17(15)20)22-11-12-6-5-10-27-12/h2-8,10-11H,1,9,20H2,(H,21,26)/b22-11-. The number of nitrogens with one attached hydrogen (secondary N) is 1. The van der Waals surface area contributed by atoms with Crippen LogP contribution in [0.3, 0.4) is 0 Å². The van der Waals surface area contributed by atoms with Crippen LogP contribution in [0.1, 0.15) is 15.2 Å². The second-order valence-corrected chi connectivity index (χ2v) is 6.69. The number of benzene rings is 1. The van der Waals surface area contributed by atoms with Crippen molar-refractivity contribution in [2.75, 3.05) is 12.3 Å². The highest BCUT2D eigenvalue weighted by Crippen LogP contribution is 2.27. The van der Waals surface area contributed by atoms with E-state index in [1.54, 1.807) is 23.6 Å². The van der Waals surface area contributed by atoms with Crippen molar-refractivity contribution >= 4 is 51.5 Å². The molecule has 0 spiro atoms. The third kappa shape index (κ3) is 3.06. The van der Waals surface area contributed by atoms with Gasteiger partial charge < -0.3 is 11.1 Å². The highest BCUT2D eigenvalue weighted by molar-refractivity contribution is 7.11. The van der Waals surface area contributed by atoms with E-state index in [0.29, 0.717) is 28.7 Å². The normalized spacial score (nSPS) is 11.4. The summed E-state index contributed by atoms with van der Waals surface area (Å²) in [5, 5.41) is 9.14. The first-order valence-corrected chi connectivity index (χ1v) is 9.10. The highest BCUT2D eigenvalue weighted by Gasteiger charge is 2.23. The minimum atomic E-state index is -0.341. The van der Waals surface area contributed by atoms with Crippen LogP contribution in [-0.4, -0.2) is 33.3 Å². The first-order chi connectivity index (χ1) is 13.2. The van der Waals surface area contributed by atoms with E-state index >= 15 is 0 Å². The average molecular weight is 376 g/mol. The van der Waals surface area contributed by atoms with Gasteiger partial charge >= 0.3 is 0 Å². The third-order valence-electron chi connectivity index (χ3n) is 3.95. The molecule has 1 aromatic carbocycles. The first-order valence-electron chi connectivity index (χ1n) is 8.22. The van der Waals surface area contributed by atoms with Crippen LogP contribution < -0.4 is 11.1 Å². The average Bonchev–Trinajstić information content (AvgIpc) is 3.28. The number of para-hydroxylation sites is 2. The van der Waals surface area contributed by atoms with Gasteiger partial charge in [0.05, 0.1) is 17.2 Å². The Labute approximate surface area is 158 Å². The van der Waals surface area contributed by atoms with Crippen LogP contribution in [0.4, 0.5) is 5.82 Å². The molecule has 3 aromatic heterocycles. The summed E-state index contributed by atoms with van der Waals surface area (Å²) in [7, 11) is 0. The molecule has 0 aliphatic carbocycles. The number of amides is 1.